The summed E-state index contributed by atoms with van der Waals surface area (Å²) in [6.45, 7) is 1.39. The van der Waals surface area contributed by atoms with Crippen molar-refractivity contribution in [3.05, 3.63) is 0 Å². The van der Waals surface area contributed by atoms with E-state index in [1.807, 2.05) is 0 Å². The van der Waals surface area contributed by atoms with Crippen molar-refractivity contribution in [1.82, 2.24) is 4.90 Å². The second kappa shape index (κ2) is 3.85. The number of amidine groups is 1. The average molecular weight is 171 g/mol. The summed E-state index contributed by atoms with van der Waals surface area (Å²) in [4.78, 5) is 11.8. The van der Waals surface area contributed by atoms with Gasteiger partial charge >= 0.3 is 5.97 Å². The highest BCUT2D eigenvalue weighted by atomic mass is 16.4. The van der Waals surface area contributed by atoms with Crippen LogP contribution in [0.15, 0.2) is 0 Å². The summed E-state index contributed by atoms with van der Waals surface area (Å²) in [5.41, 5.74) is -0.174. The Morgan fingerprint density at radius 3 is 2.08 bits per heavy atom. The van der Waals surface area contributed by atoms with Gasteiger partial charge in [-0.1, -0.05) is 0 Å². The van der Waals surface area contributed by atoms with E-state index in [1.54, 1.807) is 14.1 Å². The van der Waals surface area contributed by atoms with Crippen molar-refractivity contribution in [2.24, 2.45) is 5.92 Å². The first kappa shape index (κ1) is 10.6. The Hall–Kier alpha value is -1.39. The zero-order chi connectivity index (χ0) is 9.89. The fourth-order valence-corrected chi connectivity index (χ4v) is 0.569. The molecule has 0 amide bonds. The Labute approximate surface area is 71.0 Å². The van der Waals surface area contributed by atoms with Gasteiger partial charge in [0.1, 0.15) is 5.84 Å². The van der Waals surface area contributed by atoms with Crippen LogP contribution in [-0.2, 0) is 4.79 Å². The van der Waals surface area contributed by atoms with Crippen LogP contribution in [0.5, 0.6) is 0 Å². The van der Waals surface area contributed by atoms with Gasteiger partial charge in [-0.3, -0.25) is 10.2 Å². The normalized spacial score (nSPS) is 11.9. The number of carboxylic acid groups (broad SMARTS) is 1. The molecule has 0 aliphatic rings. The van der Waals surface area contributed by atoms with Gasteiger partial charge in [-0.25, -0.2) is 0 Å². The highest BCUT2D eigenvalue weighted by Gasteiger charge is 2.21. The van der Waals surface area contributed by atoms with Gasteiger partial charge in [0.05, 0.1) is 11.6 Å². The van der Waals surface area contributed by atoms with Gasteiger partial charge in [-0.05, 0) is 6.92 Å². The fraction of sp³-hybridized carbons (Fsp3) is 0.571. The number of carbonyl (C=O) groups is 1. The van der Waals surface area contributed by atoms with Crippen molar-refractivity contribution >= 4 is 17.5 Å². The monoisotopic (exact) mass is 171 g/mol. The Balaban J connectivity index is 4.40. The number of hydrogen-bond acceptors (Lipinski definition) is 3. The molecule has 0 saturated heterocycles. The van der Waals surface area contributed by atoms with Crippen molar-refractivity contribution in [3.8, 4) is 0 Å². The number of nitrogens with zero attached hydrogens (tertiary/aromatic N) is 1. The van der Waals surface area contributed by atoms with Crippen LogP contribution in [-0.4, -0.2) is 41.6 Å². The van der Waals surface area contributed by atoms with E-state index < -0.39 is 11.9 Å². The summed E-state index contributed by atoms with van der Waals surface area (Å²) in [7, 11) is 3.21. The van der Waals surface area contributed by atoms with E-state index in [0.717, 1.165) is 0 Å². The van der Waals surface area contributed by atoms with E-state index in [9.17, 15) is 4.79 Å². The molecular weight excluding hydrogens is 158 g/mol. The van der Waals surface area contributed by atoms with Crippen molar-refractivity contribution < 1.29 is 9.90 Å². The predicted molar refractivity (Wildman–Crippen MR) is 45.9 cm³/mol. The lowest BCUT2D eigenvalue weighted by Gasteiger charge is -2.16. The minimum Gasteiger partial charge on any atom is -0.481 e. The van der Waals surface area contributed by atoms with E-state index in [0.29, 0.717) is 0 Å². The second-order valence-electron chi connectivity index (χ2n) is 2.72. The SMILES string of the molecule is CC(C(=N)C(=N)N(C)C)C(=O)O. The van der Waals surface area contributed by atoms with E-state index in [2.05, 4.69) is 0 Å². The van der Waals surface area contributed by atoms with Crippen molar-refractivity contribution in [3.63, 3.8) is 0 Å². The largest absolute Gasteiger partial charge is 0.481 e. The maximum atomic E-state index is 10.4. The molecule has 0 saturated carbocycles. The molecule has 5 nitrogen and oxygen atoms in total. The third kappa shape index (κ3) is 2.34. The van der Waals surface area contributed by atoms with Crippen LogP contribution in [0.3, 0.4) is 0 Å². The third-order valence-electron chi connectivity index (χ3n) is 1.51. The van der Waals surface area contributed by atoms with Gasteiger partial charge in [0.25, 0.3) is 0 Å². The summed E-state index contributed by atoms with van der Waals surface area (Å²) in [5.74, 6) is -2.06. The maximum absolute atomic E-state index is 10.4. The lowest BCUT2D eigenvalue weighted by Crippen LogP contribution is -2.35. The predicted octanol–water partition coefficient (Wildman–Crippen LogP) is 0.266. The standard InChI is InChI=1S/C7H13N3O2/c1-4(7(11)12)5(8)6(9)10(2)3/h4,8-9H,1-3H3,(H,11,12). The maximum Gasteiger partial charge on any atom is 0.312 e. The number of nitrogens with one attached hydrogen (secondary N) is 2. The van der Waals surface area contributed by atoms with E-state index in [4.69, 9.17) is 15.9 Å². The van der Waals surface area contributed by atoms with E-state index in [1.165, 1.54) is 11.8 Å². The van der Waals surface area contributed by atoms with Crippen LogP contribution in [0.1, 0.15) is 6.92 Å². The first-order valence-corrected chi connectivity index (χ1v) is 3.45. The molecule has 0 aliphatic carbocycles. The fourth-order valence-electron chi connectivity index (χ4n) is 0.569. The van der Waals surface area contributed by atoms with Crippen LogP contribution < -0.4 is 0 Å². The van der Waals surface area contributed by atoms with Crippen molar-refractivity contribution in [2.45, 2.75) is 6.92 Å². The molecule has 0 aliphatic heterocycles. The number of hydrogen-bond donors (Lipinski definition) is 3. The Morgan fingerprint density at radius 1 is 1.42 bits per heavy atom. The van der Waals surface area contributed by atoms with Crippen LogP contribution in [0.25, 0.3) is 0 Å². The highest BCUT2D eigenvalue weighted by molar-refractivity contribution is 6.42. The van der Waals surface area contributed by atoms with E-state index >= 15 is 0 Å². The zero-order valence-corrected chi connectivity index (χ0v) is 7.38. The van der Waals surface area contributed by atoms with Gasteiger partial charge in [0.15, 0.2) is 0 Å². The van der Waals surface area contributed by atoms with Gasteiger partial charge in [-0.2, -0.15) is 0 Å². The molecule has 3 N–H and O–H groups in total. The quantitative estimate of drug-likeness (QED) is 0.420. The molecule has 0 aromatic carbocycles. The summed E-state index contributed by atoms with van der Waals surface area (Å²) < 4.78 is 0. The summed E-state index contributed by atoms with van der Waals surface area (Å²) in [6, 6.07) is 0. The van der Waals surface area contributed by atoms with Crippen LogP contribution in [0.2, 0.25) is 0 Å². The molecule has 1 atom stereocenters. The van der Waals surface area contributed by atoms with Crippen LogP contribution in [0, 0.1) is 16.7 Å². The molecule has 5 heteroatoms. The summed E-state index contributed by atoms with van der Waals surface area (Å²) in [5, 5.41) is 23.2. The molecule has 12 heavy (non-hydrogen) atoms. The van der Waals surface area contributed by atoms with Crippen molar-refractivity contribution in [1.29, 1.82) is 10.8 Å². The minimum absolute atomic E-state index is 0.0649. The first-order chi connectivity index (χ1) is 5.37. The molecule has 0 aromatic heterocycles. The average Bonchev–Trinajstić information content (AvgIpc) is 2.00. The van der Waals surface area contributed by atoms with E-state index in [-0.39, 0.29) is 11.5 Å². The minimum atomic E-state index is -1.08. The smallest absolute Gasteiger partial charge is 0.312 e. The van der Waals surface area contributed by atoms with Gasteiger partial charge in [-0.15, -0.1) is 0 Å². The van der Waals surface area contributed by atoms with Crippen molar-refractivity contribution in [2.75, 3.05) is 14.1 Å². The lowest BCUT2D eigenvalue weighted by molar-refractivity contribution is -0.138. The molecular formula is C7H13N3O2. The van der Waals surface area contributed by atoms with Gasteiger partial charge < -0.3 is 15.4 Å². The molecule has 0 aromatic rings. The number of aliphatic carboxylic acids is 1. The molecule has 0 bridgehead atoms. The first-order valence-electron chi connectivity index (χ1n) is 3.45. The van der Waals surface area contributed by atoms with Gasteiger partial charge in [0, 0.05) is 14.1 Å². The molecule has 0 spiro atoms. The lowest BCUT2D eigenvalue weighted by atomic mass is 10.1. The zero-order valence-electron chi connectivity index (χ0n) is 7.38. The third-order valence-corrected chi connectivity index (χ3v) is 1.51. The molecule has 68 valence electrons. The number of rotatable bonds is 3. The van der Waals surface area contributed by atoms with Gasteiger partial charge in [0.2, 0.25) is 0 Å². The Kier molecular flexibility index (Phi) is 3.40. The van der Waals surface area contributed by atoms with Crippen LogP contribution in [0.4, 0.5) is 0 Å². The molecule has 1 unspecified atom stereocenters. The number of carboxylic acids is 1. The van der Waals surface area contributed by atoms with Crippen LogP contribution >= 0.6 is 0 Å². The Morgan fingerprint density at radius 2 is 1.83 bits per heavy atom. The topological polar surface area (TPSA) is 88.2 Å². The molecule has 0 rings (SSSR count). The second-order valence-corrected chi connectivity index (χ2v) is 2.72. The molecule has 0 fully saturated rings. The summed E-state index contributed by atoms with van der Waals surface area (Å²) >= 11 is 0. The Bertz CT molecular complexity index is 223. The molecule has 0 radical (unpaired) electrons. The molecule has 0 heterocycles. The highest BCUT2D eigenvalue weighted by Crippen LogP contribution is 1.99. The summed E-state index contributed by atoms with van der Waals surface area (Å²) in [6.07, 6.45) is 0.